The van der Waals surface area contributed by atoms with Crippen molar-refractivity contribution in [3.63, 3.8) is 0 Å². The minimum Gasteiger partial charge on any atom is -0.468 e. The highest BCUT2D eigenvalue weighted by Gasteiger charge is 2.38. The minimum atomic E-state index is -1.53. The van der Waals surface area contributed by atoms with Gasteiger partial charge in [0.25, 0.3) is 0 Å². The van der Waals surface area contributed by atoms with Gasteiger partial charge in [0, 0.05) is 12.8 Å². The molecule has 0 aliphatic rings. The van der Waals surface area contributed by atoms with E-state index in [1.807, 2.05) is 13.8 Å². The molecule has 1 aromatic rings. The molecule has 0 aromatic heterocycles. The predicted molar refractivity (Wildman–Crippen MR) is 134 cm³/mol. The Balaban J connectivity index is 3.32. The molecule has 1 rings (SSSR count). The molecule has 0 fully saturated rings. The van der Waals surface area contributed by atoms with Gasteiger partial charge in [0.05, 0.1) is 24.9 Å². The van der Waals surface area contributed by atoms with Crippen molar-refractivity contribution in [3.05, 3.63) is 23.8 Å². The highest BCUT2D eigenvalue weighted by molar-refractivity contribution is 5.81. The maximum atomic E-state index is 12.7. The molecule has 0 saturated heterocycles. The van der Waals surface area contributed by atoms with E-state index in [0.29, 0.717) is 18.4 Å². The first-order valence-electron chi connectivity index (χ1n) is 12.4. The van der Waals surface area contributed by atoms with Crippen LogP contribution in [0.25, 0.3) is 0 Å². The van der Waals surface area contributed by atoms with E-state index in [1.165, 1.54) is 19.2 Å². The average molecular weight is 508 g/mol. The lowest BCUT2D eigenvalue weighted by Gasteiger charge is -2.30. The summed E-state index contributed by atoms with van der Waals surface area (Å²) in [6.45, 7) is 12.3. The van der Waals surface area contributed by atoms with Gasteiger partial charge in [-0.05, 0) is 37.5 Å². The van der Waals surface area contributed by atoms with Crippen molar-refractivity contribution in [2.45, 2.75) is 85.8 Å². The Morgan fingerprint density at radius 1 is 0.861 bits per heavy atom. The topological polar surface area (TPSA) is 131 Å². The van der Waals surface area contributed by atoms with Crippen molar-refractivity contribution < 1.29 is 38.1 Å². The normalized spacial score (nSPS) is 15.3. The molecule has 0 amide bonds. The summed E-state index contributed by atoms with van der Waals surface area (Å²) in [5.74, 6) is -2.89. The van der Waals surface area contributed by atoms with Gasteiger partial charge in [0.2, 0.25) is 0 Å². The van der Waals surface area contributed by atoms with Crippen LogP contribution in [-0.2, 0) is 35.1 Å². The number of methoxy groups -OCH3 is 1. The number of rotatable bonds is 13. The van der Waals surface area contributed by atoms with Crippen LogP contribution < -0.4 is 15.2 Å². The van der Waals surface area contributed by atoms with Crippen LogP contribution in [0.1, 0.15) is 73.3 Å². The monoisotopic (exact) mass is 507 g/mol. The molecule has 36 heavy (non-hydrogen) atoms. The fourth-order valence-electron chi connectivity index (χ4n) is 3.26. The number of benzene rings is 1. The zero-order valence-electron chi connectivity index (χ0n) is 22.7. The second kappa shape index (κ2) is 14.0. The van der Waals surface area contributed by atoms with Crippen molar-refractivity contribution in [2.75, 3.05) is 7.11 Å². The van der Waals surface area contributed by atoms with E-state index in [1.54, 1.807) is 40.7 Å². The minimum absolute atomic E-state index is 0.00326. The van der Waals surface area contributed by atoms with Crippen LogP contribution in [0.15, 0.2) is 18.2 Å². The van der Waals surface area contributed by atoms with Crippen LogP contribution in [0, 0.1) is 17.8 Å². The quantitative estimate of drug-likeness (QED) is 0.311. The third kappa shape index (κ3) is 8.93. The first-order chi connectivity index (χ1) is 16.8. The summed E-state index contributed by atoms with van der Waals surface area (Å²) in [6, 6.07) is 4.67. The summed E-state index contributed by atoms with van der Waals surface area (Å²) < 4.78 is 21.4. The van der Waals surface area contributed by atoms with E-state index < -0.39 is 35.5 Å². The molecule has 0 heterocycles. The average Bonchev–Trinajstić information content (AvgIpc) is 2.83. The van der Waals surface area contributed by atoms with Gasteiger partial charge in [-0.15, -0.1) is 0 Å². The molecule has 0 aliphatic heterocycles. The number of hydrogen-bond acceptors (Lipinski definition) is 9. The van der Waals surface area contributed by atoms with E-state index in [-0.39, 0.29) is 42.1 Å². The fraction of sp³-hybridized carbons (Fsp3) is 0.630. The van der Waals surface area contributed by atoms with E-state index >= 15 is 0 Å². The third-order valence-electron chi connectivity index (χ3n) is 6.01. The van der Waals surface area contributed by atoms with Crippen molar-refractivity contribution in [1.29, 1.82) is 0 Å². The van der Waals surface area contributed by atoms with Crippen molar-refractivity contribution in [1.82, 2.24) is 0 Å². The lowest BCUT2D eigenvalue weighted by molar-refractivity contribution is -0.157. The van der Waals surface area contributed by atoms with Crippen LogP contribution in [0.3, 0.4) is 0 Å². The molecule has 0 bridgehead atoms. The van der Waals surface area contributed by atoms with Crippen LogP contribution in [0.2, 0.25) is 0 Å². The molecule has 4 atom stereocenters. The summed E-state index contributed by atoms with van der Waals surface area (Å²) in [5.41, 5.74) is 5.49. The number of nitrogens with two attached hydrogens (primary N) is 1. The van der Waals surface area contributed by atoms with Gasteiger partial charge in [-0.25, -0.2) is 0 Å². The first-order valence-corrected chi connectivity index (χ1v) is 12.4. The lowest BCUT2D eigenvalue weighted by Crippen LogP contribution is -2.53. The Morgan fingerprint density at radius 3 is 1.86 bits per heavy atom. The van der Waals surface area contributed by atoms with Crippen molar-refractivity contribution >= 4 is 23.9 Å². The van der Waals surface area contributed by atoms with Gasteiger partial charge in [-0.3, -0.25) is 19.2 Å². The van der Waals surface area contributed by atoms with Crippen LogP contribution in [0.4, 0.5) is 0 Å². The van der Waals surface area contributed by atoms with Gasteiger partial charge in [0.15, 0.2) is 11.5 Å². The SMILES string of the molecule is CCC(C)C(=O)Oc1ccc(CC(N)(C[C@H](C)OC(=O)C(C)C)C(=O)OC)cc1OC(=O)C(C)CC. The van der Waals surface area contributed by atoms with Gasteiger partial charge in [-0.2, -0.15) is 0 Å². The number of carbonyl (C=O) groups excluding carboxylic acids is 4. The molecule has 0 spiro atoms. The number of esters is 4. The summed E-state index contributed by atoms with van der Waals surface area (Å²) in [4.78, 5) is 49.6. The number of hydrogen-bond donors (Lipinski definition) is 1. The van der Waals surface area contributed by atoms with Crippen molar-refractivity contribution in [2.24, 2.45) is 23.5 Å². The molecule has 9 heteroatoms. The fourth-order valence-corrected chi connectivity index (χ4v) is 3.26. The van der Waals surface area contributed by atoms with Gasteiger partial charge >= 0.3 is 23.9 Å². The summed E-state index contributed by atoms with van der Waals surface area (Å²) >= 11 is 0. The molecule has 202 valence electrons. The Labute approximate surface area is 214 Å². The summed E-state index contributed by atoms with van der Waals surface area (Å²) in [7, 11) is 1.23. The van der Waals surface area contributed by atoms with Crippen LogP contribution >= 0.6 is 0 Å². The van der Waals surface area contributed by atoms with Gasteiger partial charge < -0.3 is 24.7 Å². The second-order valence-electron chi connectivity index (χ2n) is 9.67. The Hall–Kier alpha value is -2.94. The standard InChI is InChI=1S/C27H41NO8/c1-9-17(5)24(30)35-21-12-11-20(13-22(21)36-25(31)18(6)10-2)15-27(28,26(32)33-8)14-19(7)34-23(29)16(3)4/h11-13,16-19H,9-10,14-15,28H2,1-8H3/t17?,18?,19-,27?/m0/s1. The molecular weight excluding hydrogens is 466 g/mol. The number of carbonyl (C=O) groups is 4. The molecule has 9 nitrogen and oxygen atoms in total. The van der Waals surface area contributed by atoms with Crippen LogP contribution in [0.5, 0.6) is 11.5 Å². The summed E-state index contributed by atoms with van der Waals surface area (Å²) in [5, 5.41) is 0. The zero-order chi connectivity index (χ0) is 27.6. The van der Waals surface area contributed by atoms with E-state index in [4.69, 9.17) is 24.7 Å². The lowest BCUT2D eigenvalue weighted by atomic mass is 9.86. The smallest absolute Gasteiger partial charge is 0.326 e. The first kappa shape index (κ1) is 31.1. The van der Waals surface area contributed by atoms with Crippen molar-refractivity contribution in [3.8, 4) is 11.5 Å². The molecule has 1 aromatic carbocycles. The molecule has 0 radical (unpaired) electrons. The molecule has 0 saturated carbocycles. The maximum absolute atomic E-state index is 12.7. The Bertz CT molecular complexity index is 928. The third-order valence-corrected chi connectivity index (χ3v) is 6.01. The van der Waals surface area contributed by atoms with Crippen LogP contribution in [-0.4, -0.2) is 42.6 Å². The molecule has 2 N–H and O–H groups in total. The van der Waals surface area contributed by atoms with Gasteiger partial charge in [0.1, 0.15) is 11.6 Å². The zero-order valence-corrected chi connectivity index (χ0v) is 22.7. The molecular formula is C27H41NO8. The summed E-state index contributed by atoms with van der Waals surface area (Å²) in [6.07, 6.45) is 0.513. The maximum Gasteiger partial charge on any atom is 0.326 e. The molecule has 0 aliphatic carbocycles. The second-order valence-corrected chi connectivity index (χ2v) is 9.67. The van der Waals surface area contributed by atoms with E-state index in [9.17, 15) is 19.2 Å². The van der Waals surface area contributed by atoms with E-state index in [0.717, 1.165) is 0 Å². The van der Waals surface area contributed by atoms with E-state index in [2.05, 4.69) is 0 Å². The van der Waals surface area contributed by atoms with Gasteiger partial charge in [-0.1, -0.05) is 47.6 Å². The largest absolute Gasteiger partial charge is 0.468 e. The Morgan fingerprint density at radius 2 is 1.39 bits per heavy atom. The predicted octanol–water partition coefficient (Wildman–Crippen LogP) is 3.98. The number of ether oxygens (including phenoxy) is 4. The Kier molecular flexibility index (Phi) is 12.1. The highest BCUT2D eigenvalue weighted by atomic mass is 16.6. The highest BCUT2D eigenvalue weighted by Crippen LogP contribution is 2.32. The molecule has 3 unspecified atom stereocenters.